The second-order valence-corrected chi connectivity index (χ2v) is 9.47. The summed E-state index contributed by atoms with van der Waals surface area (Å²) in [5.41, 5.74) is 5.21. The summed E-state index contributed by atoms with van der Waals surface area (Å²) in [5.74, 6) is -0.807. The summed E-state index contributed by atoms with van der Waals surface area (Å²) in [7, 11) is -4.30. The first-order chi connectivity index (χ1) is 17.4. The highest BCUT2D eigenvalue weighted by Gasteiger charge is 2.26. The molecule has 0 aliphatic rings. The minimum absolute atomic E-state index is 0.0579. The first-order valence-electron chi connectivity index (χ1n) is 12.8. The van der Waals surface area contributed by atoms with E-state index >= 15 is 0 Å². The number of rotatable bonds is 22. The lowest BCUT2D eigenvalue weighted by Gasteiger charge is -2.20. The van der Waals surface area contributed by atoms with E-state index in [2.05, 4.69) is 66.1 Å². The average molecular weight is 528 g/mol. The van der Waals surface area contributed by atoms with Gasteiger partial charge in [-0.25, -0.2) is 4.57 Å². The standard InChI is InChI=1S/C27H46NO7P/c1-3-5-6-7-8-9-10-11-12-13-14-15-16-17-18-19-20-25(4-2)27(30)35-26(23-29)24-34-36(31,32)33-22-21-28/h5-6,8-9,11-12,14-15,17-18,25-26,29H,3-4,7,10,13,16,19-24,28H2,1-2H3,(H,31,32)/b6-5-,9-8-,12-11-,15-14-,18-17-. The van der Waals surface area contributed by atoms with Gasteiger partial charge < -0.3 is 20.5 Å². The summed E-state index contributed by atoms with van der Waals surface area (Å²) >= 11 is 0. The molecule has 0 saturated heterocycles. The molecule has 0 aliphatic carbocycles. The second kappa shape index (κ2) is 23.6. The number of hydrogen-bond donors (Lipinski definition) is 3. The molecule has 0 spiro atoms. The molecular weight excluding hydrogens is 481 g/mol. The van der Waals surface area contributed by atoms with E-state index in [1.165, 1.54) is 0 Å². The molecule has 0 heterocycles. The van der Waals surface area contributed by atoms with E-state index in [0.29, 0.717) is 12.8 Å². The van der Waals surface area contributed by atoms with Crippen LogP contribution in [0.2, 0.25) is 0 Å². The van der Waals surface area contributed by atoms with Crippen LogP contribution in [0.4, 0.5) is 0 Å². The molecule has 3 unspecified atom stereocenters. The van der Waals surface area contributed by atoms with Crippen molar-refractivity contribution in [1.82, 2.24) is 0 Å². The highest BCUT2D eigenvalue weighted by molar-refractivity contribution is 7.47. The van der Waals surface area contributed by atoms with Crippen molar-refractivity contribution in [1.29, 1.82) is 0 Å². The summed E-state index contributed by atoms with van der Waals surface area (Å²) in [4.78, 5) is 21.9. The Labute approximate surface area is 217 Å². The second-order valence-electron chi connectivity index (χ2n) is 8.02. The Morgan fingerprint density at radius 3 is 1.89 bits per heavy atom. The molecule has 3 atom stereocenters. The fourth-order valence-electron chi connectivity index (χ4n) is 2.92. The third-order valence-electron chi connectivity index (χ3n) is 4.95. The van der Waals surface area contributed by atoms with Crippen molar-refractivity contribution >= 4 is 13.8 Å². The van der Waals surface area contributed by atoms with Crippen molar-refractivity contribution < 1.29 is 33.1 Å². The molecule has 0 aromatic heterocycles. The first kappa shape index (κ1) is 34.2. The minimum Gasteiger partial charge on any atom is -0.457 e. The highest BCUT2D eigenvalue weighted by Crippen LogP contribution is 2.43. The molecule has 4 N–H and O–H groups in total. The Morgan fingerprint density at radius 2 is 1.42 bits per heavy atom. The first-order valence-corrected chi connectivity index (χ1v) is 14.3. The molecule has 0 amide bonds. The van der Waals surface area contributed by atoms with Gasteiger partial charge in [-0.05, 0) is 51.4 Å². The van der Waals surface area contributed by atoms with Crippen molar-refractivity contribution in [3.8, 4) is 0 Å². The van der Waals surface area contributed by atoms with Gasteiger partial charge in [0.15, 0.2) is 0 Å². The summed E-state index contributed by atoms with van der Waals surface area (Å²) < 4.78 is 26.3. The number of esters is 1. The molecule has 8 nitrogen and oxygen atoms in total. The monoisotopic (exact) mass is 527 g/mol. The lowest BCUT2D eigenvalue weighted by atomic mass is 10.0. The molecule has 0 radical (unpaired) electrons. The summed E-state index contributed by atoms with van der Waals surface area (Å²) in [5, 5.41) is 9.41. The van der Waals surface area contributed by atoms with E-state index < -0.39 is 33.1 Å². The largest absolute Gasteiger partial charge is 0.472 e. The van der Waals surface area contributed by atoms with Crippen LogP contribution in [0.5, 0.6) is 0 Å². The zero-order valence-electron chi connectivity index (χ0n) is 21.9. The number of nitrogens with two attached hydrogens (primary N) is 1. The fraction of sp³-hybridized carbons (Fsp3) is 0.593. The Balaban J connectivity index is 4.16. The van der Waals surface area contributed by atoms with Gasteiger partial charge in [-0.2, -0.15) is 0 Å². The Hall–Kier alpha value is -1.80. The number of aliphatic hydroxyl groups excluding tert-OH is 1. The maximum atomic E-state index is 12.4. The van der Waals surface area contributed by atoms with Gasteiger partial charge in [0.1, 0.15) is 6.10 Å². The zero-order chi connectivity index (χ0) is 26.9. The molecule has 0 saturated carbocycles. The SMILES string of the molecule is CC/C=C\C/C=C\C/C=C\C/C=C\C/C=C\CCC(CC)C(=O)OC(CO)COP(=O)(O)OCCN. The molecule has 9 heteroatoms. The van der Waals surface area contributed by atoms with E-state index in [1.54, 1.807) is 0 Å². The van der Waals surface area contributed by atoms with Crippen LogP contribution in [-0.2, 0) is 23.1 Å². The summed E-state index contributed by atoms with van der Waals surface area (Å²) in [6, 6.07) is 0. The number of allylic oxidation sites excluding steroid dienone is 10. The molecule has 0 fully saturated rings. The molecular formula is C27H46NO7P. The molecule has 0 aliphatic heterocycles. The topological polar surface area (TPSA) is 128 Å². The number of aliphatic hydroxyl groups is 1. The Kier molecular flexibility index (Phi) is 22.4. The third-order valence-corrected chi connectivity index (χ3v) is 5.93. The molecule has 0 aromatic rings. The third kappa shape index (κ3) is 20.4. The predicted octanol–water partition coefficient (Wildman–Crippen LogP) is 5.54. The smallest absolute Gasteiger partial charge is 0.457 e. The minimum atomic E-state index is -4.30. The van der Waals surface area contributed by atoms with Crippen LogP contribution < -0.4 is 5.73 Å². The van der Waals surface area contributed by atoms with Crippen molar-refractivity contribution in [3.05, 3.63) is 60.8 Å². The Morgan fingerprint density at radius 1 is 0.889 bits per heavy atom. The summed E-state index contributed by atoms with van der Waals surface area (Å²) in [6.45, 7) is 2.94. The van der Waals surface area contributed by atoms with Gasteiger partial charge in [0.05, 0.1) is 25.7 Å². The average Bonchev–Trinajstić information content (AvgIpc) is 2.87. The van der Waals surface area contributed by atoms with Crippen molar-refractivity contribution in [3.63, 3.8) is 0 Å². The van der Waals surface area contributed by atoms with Gasteiger partial charge in [0.25, 0.3) is 0 Å². The number of carbonyl (C=O) groups excluding carboxylic acids is 1. The van der Waals surface area contributed by atoms with Gasteiger partial charge in [-0.1, -0.05) is 74.6 Å². The van der Waals surface area contributed by atoms with Gasteiger partial charge >= 0.3 is 13.8 Å². The predicted molar refractivity (Wildman–Crippen MR) is 145 cm³/mol. The van der Waals surface area contributed by atoms with Crippen LogP contribution in [-0.4, -0.2) is 48.4 Å². The van der Waals surface area contributed by atoms with Crippen LogP contribution in [0.25, 0.3) is 0 Å². The molecule has 0 bridgehead atoms. The van der Waals surface area contributed by atoms with Crippen LogP contribution in [0.1, 0.15) is 65.2 Å². The summed E-state index contributed by atoms with van der Waals surface area (Å²) in [6.07, 6.45) is 27.0. The van der Waals surface area contributed by atoms with Crippen LogP contribution in [0.15, 0.2) is 60.8 Å². The normalized spacial score (nSPS) is 16.0. The van der Waals surface area contributed by atoms with Crippen LogP contribution >= 0.6 is 7.82 Å². The van der Waals surface area contributed by atoms with Gasteiger partial charge in [-0.3, -0.25) is 13.8 Å². The lowest BCUT2D eigenvalue weighted by Crippen LogP contribution is -2.30. The number of phosphoric ester groups is 1. The van der Waals surface area contributed by atoms with Crippen molar-refractivity contribution in [2.75, 3.05) is 26.4 Å². The van der Waals surface area contributed by atoms with Gasteiger partial charge in [0, 0.05) is 6.54 Å². The van der Waals surface area contributed by atoms with Crippen LogP contribution in [0, 0.1) is 5.92 Å². The van der Waals surface area contributed by atoms with E-state index in [0.717, 1.165) is 38.5 Å². The quantitative estimate of drug-likeness (QED) is 0.0951. The molecule has 0 rings (SSSR count). The van der Waals surface area contributed by atoms with E-state index in [4.69, 9.17) is 15.0 Å². The Bertz CT molecular complexity index is 746. The molecule has 36 heavy (non-hydrogen) atoms. The number of hydrogen-bond acceptors (Lipinski definition) is 7. The number of phosphoric acid groups is 1. The van der Waals surface area contributed by atoms with E-state index in [1.807, 2.05) is 13.0 Å². The number of carbonyl (C=O) groups is 1. The van der Waals surface area contributed by atoms with Crippen LogP contribution in [0.3, 0.4) is 0 Å². The number of ether oxygens (including phenoxy) is 1. The lowest BCUT2D eigenvalue weighted by molar-refractivity contribution is -0.158. The maximum Gasteiger partial charge on any atom is 0.472 e. The maximum absolute atomic E-state index is 12.4. The highest BCUT2D eigenvalue weighted by atomic mass is 31.2. The molecule has 206 valence electrons. The van der Waals surface area contributed by atoms with E-state index in [-0.39, 0.29) is 19.1 Å². The van der Waals surface area contributed by atoms with Gasteiger partial charge in [-0.15, -0.1) is 0 Å². The van der Waals surface area contributed by atoms with E-state index in [9.17, 15) is 19.4 Å². The zero-order valence-corrected chi connectivity index (χ0v) is 22.8. The molecule has 0 aromatic carbocycles. The van der Waals surface area contributed by atoms with Crippen molar-refractivity contribution in [2.24, 2.45) is 11.7 Å². The van der Waals surface area contributed by atoms with Gasteiger partial charge in [0.2, 0.25) is 0 Å². The fourth-order valence-corrected chi connectivity index (χ4v) is 3.69. The van der Waals surface area contributed by atoms with Crippen molar-refractivity contribution in [2.45, 2.75) is 71.3 Å².